The molecule has 1 unspecified atom stereocenters. The summed E-state index contributed by atoms with van der Waals surface area (Å²) in [4.78, 5) is 17.8. The summed E-state index contributed by atoms with van der Waals surface area (Å²) in [5.74, 6) is 3.60. The first-order valence-electron chi connectivity index (χ1n) is 12.1. The van der Waals surface area contributed by atoms with Crippen LogP contribution in [0.25, 0.3) is 0 Å². The maximum absolute atomic E-state index is 13.2. The van der Waals surface area contributed by atoms with Gasteiger partial charge in [0, 0.05) is 31.7 Å². The smallest absolute Gasteiger partial charge is 0.254 e. The van der Waals surface area contributed by atoms with E-state index in [4.69, 9.17) is 18.9 Å². The number of nitrogens with zero attached hydrogens (tertiary/aromatic N) is 2. The molecule has 1 atom stereocenters. The average Bonchev–Trinajstić information content (AvgIpc) is 2.88. The highest BCUT2D eigenvalue weighted by Gasteiger charge is 2.29. The summed E-state index contributed by atoms with van der Waals surface area (Å²) in [5, 5.41) is 0. The van der Waals surface area contributed by atoms with Gasteiger partial charge in [-0.1, -0.05) is 0 Å². The predicted octanol–water partition coefficient (Wildman–Crippen LogP) is 4.31. The van der Waals surface area contributed by atoms with Gasteiger partial charge in [-0.05, 0) is 80.1 Å². The Morgan fingerprint density at radius 2 is 1.66 bits per heavy atom. The molecule has 1 saturated heterocycles. The highest BCUT2D eigenvalue weighted by atomic mass is 35.5. The normalized spacial score (nSPS) is 17.9. The van der Waals surface area contributed by atoms with Crippen molar-refractivity contribution in [2.24, 2.45) is 5.92 Å². The summed E-state index contributed by atoms with van der Waals surface area (Å²) in [5.41, 5.74) is 1.79. The molecule has 2 aliphatic rings. The number of carbonyl (C=O) groups is 1. The number of amides is 1. The molecular weight excluding hydrogens is 468 g/mol. The number of hydrogen-bond acceptors (Lipinski definition) is 6. The zero-order valence-electron chi connectivity index (χ0n) is 21.0. The van der Waals surface area contributed by atoms with Crippen molar-refractivity contribution in [1.82, 2.24) is 9.80 Å². The van der Waals surface area contributed by atoms with E-state index in [0.29, 0.717) is 24.0 Å². The molecule has 4 rings (SSSR count). The van der Waals surface area contributed by atoms with Gasteiger partial charge in [0.2, 0.25) is 0 Å². The van der Waals surface area contributed by atoms with Crippen LogP contribution in [0.15, 0.2) is 36.4 Å². The summed E-state index contributed by atoms with van der Waals surface area (Å²) >= 11 is 0. The van der Waals surface area contributed by atoms with E-state index >= 15 is 0 Å². The molecule has 2 aliphatic heterocycles. The van der Waals surface area contributed by atoms with Crippen LogP contribution in [0.4, 0.5) is 0 Å². The van der Waals surface area contributed by atoms with Crippen LogP contribution in [0.2, 0.25) is 0 Å². The summed E-state index contributed by atoms with van der Waals surface area (Å²) in [6, 6.07) is 11.5. The molecule has 0 saturated carbocycles. The number of halogens is 1. The lowest BCUT2D eigenvalue weighted by Crippen LogP contribution is -2.45. The Labute approximate surface area is 214 Å². The molecule has 2 aromatic carbocycles. The highest BCUT2D eigenvalue weighted by molar-refractivity contribution is 5.97. The van der Waals surface area contributed by atoms with Crippen LogP contribution in [0.1, 0.15) is 35.2 Å². The SMILES string of the molecule is COc1ccc(OCCCN2CCCC(CN3CCc4cc(OC)c(OC)cc4C3=O)C2)cc1.Cl. The molecule has 0 N–H and O–H groups in total. The fourth-order valence-corrected chi connectivity index (χ4v) is 4.99. The van der Waals surface area contributed by atoms with Gasteiger partial charge in [-0.15, -0.1) is 12.4 Å². The van der Waals surface area contributed by atoms with Crippen LogP contribution in [-0.2, 0) is 6.42 Å². The number of hydrogen-bond donors (Lipinski definition) is 0. The third-order valence-electron chi connectivity index (χ3n) is 6.81. The molecule has 0 spiro atoms. The van der Waals surface area contributed by atoms with Crippen molar-refractivity contribution in [1.29, 1.82) is 0 Å². The molecule has 0 radical (unpaired) electrons. The molecule has 192 valence electrons. The van der Waals surface area contributed by atoms with Gasteiger partial charge in [-0.3, -0.25) is 4.79 Å². The van der Waals surface area contributed by atoms with E-state index < -0.39 is 0 Å². The van der Waals surface area contributed by atoms with Gasteiger partial charge in [0.15, 0.2) is 11.5 Å². The maximum atomic E-state index is 13.2. The van der Waals surface area contributed by atoms with Crippen molar-refractivity contribution in [3.63, 3.8) is 0 Å². The van der Waals surface area contributed by atoms with Gasteiger partial charge in [0.05, 0.1) is 27.9 Å². The van der Waals surface area contributed by atoms with Crippen LogP contribution in [0.3, 0.4) is 0 Å². The Morgan fingerprint density at radius 1 is 0.943 bits per heavy atom. The molecule has 1 fully saturated rings. The van der Waals surface area contributed by atoms with Gasteiger partial charge >= 0.3 is 0 Å². The molecule has 0 aliphatic carbocycles. The first-order chi connectivity index (χ1) is 16.6. The predicted molar refractivity (Wildman–Crippen MR) is 139 cm³/mol. The number of methoxy groups -OCH3 is 3. The van der Waals surface area contributed by atoms with Crippen LogP contribution >= 0.6 is 12.4 Å². The molecule has 0 bridgehead atoms. The number of likely N-dealkylation sites (tertiary alicyclic amines) is 1. The van der Waals surface area contributed by atoms with Crippen molar-refractivity contribution < 1.29 is 23.7 Å². The van der Waals surface area contributed by atoms with Gasteiger partial charge in [-0.2, -0.15) is 0 Å². The first kappa shape index (κ1) is 27.0. The lowest BCUT2D eigenvalue weighted by Gasteiger charge is -2.37. The van der Waals surface area contributed by atoms with E-state index in [-0.39, 0.29) is 18.3 Å². The van der Waals surface area contributed by atoms with Crippen molar-refractivity contribution >= 4 is 18.3 Å². The highest BCUT2D eigenvalue weighted by Crippen LogP contribution is 2.33. The minimum Gasteiger partial charge on any atom is -0.497 e. The van der Waals surface area contributed by atoms with Crippen LogP contribution < -0.4 is 18.9 Å². The molecule has 2 aromatic rings. The zero-order chi connectivity index (χ0) is 23.9. The van der Waals surface area contributed by atoms with Gasteiger partial charge in [-0.25, -0.2) is 0 Å². The van der Waals surface area contributed by atoms with E-state index in [1.165, 1.54) is 12.8 Å². The molecule has 0 aromatic heterocycles. The standard InChI is InChI=1S/C27H36N2O5.ClH/c1-31-22-7-9-23(10-8-22)34-15-5-13-28-12-4-6-20(18-28)19-29-14-11-21-16-25(32-2)26(33-3)17-24(21)27(29)30;/h7-10,16-17,20H,4-6,11-15,18-19H2,1-3H3;1H. The Bertz CT molecular complexity index is 969. The Hall–Kier alpha value is -2.64. The Morgan fingerprint density at radius 3 is 2.37 bits per heavy atom. The summed E-state index contributed by atoms with van der Waals surface area (Å²) < 4.78 is 21.9. The number of fused-ring (bicyclic) bond motifs is 1. The number of carbonyl (C=O) groups excluding carboxylic acids is 1. The molecular formula is C27H37ClN2O5. The molecule has 1 amide bonds. The molecule has 8 heteroatoms. The van der Waals surface area contributed by atoms with Crippen molar-refractivity contribution in [3.8, 4) is 23.0 Å². The topological polar surface area (TPSA) is 60.5 Å². The van der Waals surface area contributed by atoms with Crippen molar-refractivity contribution in [2.75, 3.05) is 60.7 Å². The number of rotatable bonds is 10. The van der Waals surface area contributed by atoms with Crippen molar-refractivity contribution in [2.45, 2.75) is 25.7 Å². The lowest BCUT2D eigenvalue weighted by molar-refractivity contribution is 0.0658. The van der Waals surface area contributed by atoms with E-state index in [2.05, 4.69) is 4.90 Å². The number of piperidine rings is 1. The summed E-state index contributed by atoms with van der Waals surface area (Å²) in [6.45, 7) is 5.43. The van der Waals surface area contributed by atoms with E-state index in [9.17, 15) is 4.79 Å². The second kappa shape index (κ2) is 12.9. The largest absolute Gasteiger partial charge is 0.497 e. The lowest BCUT2D eigenvalue weighted by atomic mass is 9.94. The minimum absolute atomic E-state index is 0. The van der Waals surface area contributed by atoms with Crippen LogP contribution in [0.5, 0.6) is 23.0 Å². The van der Waals surface area contributed by atoms with Gasteiger partial charge in [0.25, 0.3) is 5.91 Å². The molecule has 2 heterocycles. The fraction of sp³-hybridized carbons (Fsp3) is 0.519. The third kappa shape index (κ3) is 6.73. The molecule has 35 heavy (non-hydrogen) atoms. The second-order valence-electron chi connectivity index (χ2n) is 9.05. The summed E-state index contributed by atoms with van der Waals surface area (Å²) in [6.07, 6.45) is 4.17. The third-order valence-corrected chi connectivity index (χ3v) is 6.81. The quantitative estimate of drug-likeness (QED) is 0.449. The van der Waals surface area contributed by atoms with E-state index in [1.807, 2.05) is 41.3 Å². The Balaban J connectivity index is 0.00000342. The van der Waals surface area contributed by atoms with Gasteiger partial charge < -0.3 is 28.7 Å². The minimum atomic E-state index is 0. The van der Waals surface area contributed by atoms with Gasteiger partial charge in [0.1, 0.15) is 11.5 Å². The zero-order valence-corrected chi connectivity index (χ0v) is 21.8. The van der Waals surface area contributed by atoms with E-state index in [1.54, 1.807) is 21.3 Å². The number of benzene rings is 2. The average molecular weight is 505 g/mol. The van der Waals surface area contributed by atoms with Crippen molar-refractivity contribution in [3.05, 3.63) is 47.5 Å². The maximum Gasteiger partial charge on any atom is 0.254 e. The van der Waals surface area contributed by atoms with Crippen LogP contribution in [-0.4, -0.2) is 76.4 Å². The molecule has 7 nitrogen and oxygen atoms in total. The number of ether oxygens (including phenoxy) is 4. The van der Waals surface area contributed by atoms with Crippen LogP contribution in [0, 0.1) is 5.92 Å². The second-order valence-corrected chi connectivity index (χ2v) is 9.05. The monoisotopic (exact) mass is 504 g/mol. The summed E-state index contributed by atoms with van der Waals surface area (Å²) in [7, 11) is 4.89. The Kier molecular flexibility index (Phi) is 9.93. The van der Waals surface area contributed by atoms with E-state index in [0.717, 1.165) is 68.2 Å². The first-order valence-corrected chi connectivity index (χ1v) is 12.1. The fourth-order valence-electron chi connectivity index (χ4n) is 4.99.